The number of fused-ring (bicyclic) bond motifs is 1. The van der Waals surface area contributed by atoms with Crippen molar-refractivity contribution in [1.82, 2.24) is 9.47 Å². The minimum Gasteiger partial charge on any atom is -0.492 e. The van der Waals surface area contributed by atoms with E-state index >= 15 is 0 Å². The van der Waals surface area contributed by atoms with Gasteiger partial charge in [0, 0.05) is 7.05 Å². The van der Waals surface area contributed by atoms with Gasteiger partial charge in [-0.3, -0.25) is 9.36 Å². The zero-order valence-corrected chi connectivity index (χ0v) is 14.3. The average Bonchev–Trinajstić information content (AvgIpc) is 2.90. The number of likely N-dealkylation sites (N-methyl/N-ethyl adjacent to an activating group) is 1. The zero-order chi connectivity index (χ0) is 17.8. The lowest BCUT2D eigenvalue weighted by Crippen LogP contribution is -2.35. The number of hydrogen-bond donors (Lipinski definition) is 0. The lowest BCUT2D eigenvalue weighted by atomic mass is 10.2. The molecule has 0 atom stereocenters. The third kappa shape index (κ3) is 3.91. The van der Waals surface area contributed by atoms with Gasteiger partial charge in [0.25, 0.3) is 0 Å². The van der Waals surface area contributed by atoms with Gasteiger partial charge in [0.2, 0.25) is 5.91 Å². The van der Waals surface area contributed by atoms with Gasteiger partial charge >= 0.3 is 5.76 Å². The Morgan fingerprint density at radius 3 is 2.80 bits per heavy atom. The van der Waals surface area contributed by atoms with E-state index in [-0.39, 0.29) is 12.5 Å². The first-order valence-corrected chi connectivity index (χ1v) is 8.06. The fourth-order valence-corrected chi connectivity index (χ4v) is 2.55. The number of para-hydroxylation sites is 2. The Kier molecular flexibility index (Phi) is 4.88. The largest absolute Gasteiger partial charge is 0.492 e. The molecule has 0 aliphatic carbocycles. The molecule has 0 spiro atoms. The Morgan fingerprint density at radius 2 is 2.00 bits per heavy atom. The molecule has 0 saturated carbocycles. The lowest BCUT2D eigenvalue weighted by molar-refractivity contribution is -0.130. The summed E-state index contributed by atoms with van der Waals surface area (Å²) in [5, 5.41) is 0. The van der Waals surface area contributed by atoms with Crippen LogP contribution in [0.3, 0.4) is 0 Å². The number of hydrogen-bond acceptors (Lipinski definition) is 4. The van der Waals surface area contributed by atoms with E-state index in [9.17, 15) is 9.59 Å². The molecule has 3 rings (SSSR count). The highest BCUT2D eigenvalue weighted by molar-refractivity contribution is 5.79. The number of carbonyl (C=O) groups excluding carboxylic acids is 1. The van der Waals surface area contributed by atoms with Crippen LogP contribution in [0.15, 0.2) is 57.7 Å². The van der Waals surface area contributed by atoms with Crippen molar-refractivity contribution in [3.8, 4) is 5.75 Å². The standard InChI is InChI=1S/C19H20N2O4/c1-14-6-5-7-15(12-14)24-11-10-20(2)18(22)13-21-16-8-3-4-9-17(16)25-19(21)23/h3-9,12H,10-11,13H2,1-2H3. The van der Waals surface area contributed by atoms with Crippen LogP contribution in [-0.4, -0.2) is 35.6 Å². The normalized spacial score (nSPS) is 10.8. The third-order valence-electron chi connectivity index (χ3n) is 3.98. The number of rotatable bonds is 6. The minimum absolute atomic E-state index is 0.0587. The van der Waals surface area contributed by atoms with Crippen molar-refractivity contribution in [1.29, 1.82) is 0 Å². The molecule has 6 heteroatoms. The van der Waals surface area contributed by atoms with Crippen LogP contribution in [0, 0.1) is 6.92 Å². The number of nitrogens with zero attached hydrogens (tertiary/aromatic N) is 2. The molecule has 0 unspecified atom stereocenters. The van der Waals surface area contributed by atoms with Crippen molar-refractivity contribution in [2.24, 2.45) is 0 Å². The molecule has 1 aromatic heterocycles. The molecule has 0 saturated heterocycles. The molecule has 1 amide bonds. The Hall–Kier alpha value is -3.02. The molecule has 130 valence electrons. The van der Waals surface area contributed by atoms with Crippen LogP contribution in [-0.2, 0) is 11.3 Å². The summed E-state index contributed by atoms with van der Waals surface area (Å²) in [6.45, 7) is 2.75. The third-order valence-corrected chi connectivity index (χ3v) is 3.98. The first-order valence-electron chi connectivity index (χ1n) is 8.06. The van der Waals surface area contributed by atoms with E-state index in [1.165, 1.54) is 4.57 Å². The Morgan fingerprint density at radius 1 is 1.20 bits per heavy atom. The lowest BCUT2D eigenvalue weighted by Gasteiger charge is -2.17. The second-order valence-electron chi connectivity index (χ2n) is 5.90. The number of carbonyl (C=O) groups is 1. The first-order chi connectivity index (χ1) is 12.0. The summed E-state index contributed by atoms with van der Waals surface area (Å²) in [7, 11) is 1.69. The highest BCUT2D eigenvalue weighted by atomic mass is 16.5. The van der Waals surface area contributed by atoms with E-state index < -0.39 is 5.76 Å². The Balaban J connectivity index is 1.59. The Labute approximate surface area is 145 Å². The summed E-state index contributed by atoms with van der Waals surface area (Å²) in [5.41, 5.74) is 2.21. The van der Waals surface area contributed by atoms with Crippen LogP contribution < -0.4 is 10.5 Å². The van der Waals surface area contributed by atoms with Crippen molar-refractivity contribution < 1.29 is 13.9 Å². The number of benzene rings is 2. The van der Waals surface area contributed by atoms with E-state index in [2.05, 4.69) is 0 Å². The summed E-state index contributed by atoms with van der Waals surface area (Å²) < 4.78 is 12.1. The predicted octanol–water partition coefficient (Wildman–Crippen LogP) is 2.44. The molecule has 0 fully saturated rings. The van der Waals surface area contributed by atoms with Crippen LogP contribution in [0.25, 0.3) is 11.1 Å². The highest BCUT2D eigenvalue weighted by Gasteiger charge is 2.15. The molecule has 2 aromatic carbocycles. The fourth-order valence-electron chi connectivity index (χ4n) is 2.55. The second kappa shape index (κ2) is 7.25. The molecule has 0 bridgehead atoms. The van der Waals surface area contributed by atoms with Crippen molar-refractivity contribution in [2.45, 2.75) is 13.5 Å². The summed E-state index contributed by atoms with van der Waals surface area (Å²) in [6, 6.07) is 14.8. The van der Waals surface area contributed by atoms with Gasteiger partial charge in [-0.25, -0.2) is 4.79 Å². The summed E-state index contributed by atoms with van der Waals surface area (Å²) >= 11 is 0. The van der Waals surface area contributed by atoms with Crippen LogP contribution in [0.5, 0.6) is 5.75 Å². The molecule has 1 heterocycles. The topological polar surface area (TPSA) is 64.7 Å². The average molecular weight is 340 g/mol. The minimum atomic E-state index is -0.529. The molecule has 0 aliphatic heterocycles. The maximum atomic E-state index is 12.4. The first kappa shape index (κ1) is 16.8. The van der Waals surface area contributed by atoms with Gasteiger partial charge < -0.3 is 14.1 Å². The highest BCUT2D eigenvalue weighted by Crippen LogP contribution is 2.13. The second-order valence-corrected chi connectivity index (χ2v) is 5.90. The monoisotopic (exact) mass is 340 g/mol. The molecule has 0 N–H and O–H groups in total. The summed E-state index contributed by atoms with van der Waals surface area (Å²) in [4.78, 5) is 25.8. The number of ether oxygens (including phenoxy) is 1. The van der Waals surface area contributed by atoms with E-state index in [4.69, 9.17) is 9.15 Å². The van der Waals surface area contributed by atoms with Crippen LogP contribution in [0.1, 0.15) is 5.56 Å². The van der Waals surface area contributed by atoms with E-state index in [0.717, 1.165) is 11.3 Å². The van der Waals surface area contributed by atoms with Crippen molar-refractivity contribution >= 4 is 17.0 Å². The zero-order valence-electron chi connectivity index (χ0n) is 14.3. The Bertz CT molecular complexity index is 942. The van der Waals surface area contributed by atoms with Crippen LogP contribution in [0.2, 0.25) is 0 Å². The smallest absolute Gasteiger partial charge is 0.420 e. The maximum Gasteiger partial charge on any atom is 0.420 e. The molecule has 3 aromatic rings. The molecule has 25 heavy (non-hydrogen) atoms. The number of amides is 1. The van der Waals surface area contributed by atoms with Gasteiger partial charge in [-0.05, 0) is 36.8 Å². The van der Waals surface area contributed by atoms with Crippen LogP contribution >= 0.6 is 0 Å². The maximum absolute atomic E-state index is 12.4. The van der Waals surface area contributed by atoms with Gasteiger partial charge in [-0.15, -0.1) is 0 Å². The van der Waals surface area contributed by atoms with Gasteiger partial charge in [0.05, 0.1) is 12.1 Å². The number of aryl methyl sites for hydroxylation is 1. The van der Waals surface area contributed by atoms with Gasteiger partial charge in [-0.2, -0.15) is 0 Å². The summed E-state index contributed by atoms with van der Waals surface area (Å²) in [6.07, 6.45) is 0. The molecule has 0 radical (unpaired) electrons. The van der Waals surface area contributed by atoms with Gasteiger partial charge in [-0.1, -0.05) is 24.3 Å². The number of aromatic nitrogens is 1. The van der Waals surface area contributed by atoms with E-state index in [1.54, 1.807) is 36.2 Å². The molecular formula is C19H20N2O4. The van der Waals surface area contributed by atoms with Crippen molar-refractivity contribution in [3.63, 3.8) is 0 Å². The fraction of sp³-hybridized carbons (Fsp3) is 0.263. The van der Waals surface area contributed by atoms with Crippen LogP contribution in [0.4, 0.5) is 0 Å². The molecule has 0 aliphatic rings. The van der Waals surface area contributed by atoms with Gasteiger partial charge in [0.1, 0.15) is 18.9 Å². The quantitative estimate of drug-likeness (QED) is 0.691. The van der Waals surface area contributed by atoms with E-state index in [1.807, 2.05) is 31.2 Å². The number of oxazole rings is 1. The van der Waals surface area contributed by atoms with Gasteiger partial charge in [0.15, 0.2) is 5.58 Å². The predicted molar refractivity (Wildman–Crippen MR) is 94.8 cm³/mol. The SMILES string of the molecule is Cc1cccc(OCCN(C)C(=O)Cn2c(=O)oc3ccccc32)c1. The van der Waals surface area contributed by atoms with Crippen molar-refractivity contribution in [2.75, 3.05) is 20.2 Å². The molecular weight excluding hydrogens is 320 g/mol. The van der Waals surface area contributed by atoms with E-state index in [0.29, 0.717) is 24.3 Å². The summed E-state index contributed by atoms with van der Waals surface area (Å²) in [5.74, 6) is 0.0679. The van der Waals surface area contributed by atoms with Crippen molar-refractivity contribution in [3.05, 3.63) is 64.6 Å². The molecule has 6 nitrogen and oxygen atoms in total.